The van der Waals surface area contributed by atoms with Crippen LogP contribution in [0.5, 0.6) is 5.75 Å². The number of thioether (sulfide) groups is 1. The topological polar surface area (TPSA) is 78.9 Å². The van der Waals surface area contributed by atoms with Crippen molar-refractivity contribution in [2.24, 2.45) is 0 Å². The zero-order valence-corrected chi connectivity index (χ0v) is 18.8. The number of nitrogens with zero attached hydrogens (tertiary/aromatic N) is 5. The van der Waals surface area contributed by atoms with Crippen LogP contribution in [0.4, 0.5) is 0 Å². The summed E-state index contributed by atoms with van der Waals surface area (Å²) in [5.74, 6) is 2.80. The number of thiophene rings is 1. The molecule has 0 saturated heterocycles. The van der Waals surface area contributed by atoms with Crippen LogP contribution in [0.1, 0.15) is 12.6 Å². The van der Waals surface area contributed by atoms with E-state index in [1.54, 1.807) is 41.8 Å². The fourth-order valence-corrected chi connectivity index (χ4v) is 4.65. The Morgan fingerprint density at radius 2 is 2.00 bits per heavy atom. The van der Waals surface area contributed by atoms with Gasteiger partial charge in [0.05, 0.1) is 17.2 Å². The molecule has 160 valence electrons. The standard InChI is InChI=1S/C23H19N5O2S2/c1-2-29-19-9-7-18(8-10-19)28-21(16-5-3-11-24-13-16)26-27-23(28)32-15-17-14-30-22(25-17)20-6-4-12-31-20/h3-14H,2,15H2,1H3. The van der Waals surface area contributed by atoms with Crippen LogP contribution in [-0.2, 0) is 5.75 Å². The molecule has 32 heavy (non-hydrogen) atoms. The quantitative estimate of drug-likeness (QED) is 0.273. The summed E-state index contributed by atoms with van der Waals surface area (Å²) in [7, 11) is 0. The van der Waals surface area contributed by atoms with Gasteiger partial charge in [-0.3, -0.25) is 9.55 Å². The van der Waals surface area contributed by atoms with E-state index in [0.717, 1.165) is 38.6 Å². The van der Waals surface area contributed by atoms with Crippen LogP contribution in [-0.4, -0.2) is 31.3 Å². The Labute approximate surface area is 193 Å². The molecule has 7 nitrogen and oxygen atoms in total. The van der Waals surface area contributed by atoms with Gasteiger partial charge in [0.25, 0.3) is 0 Å². The lowest BCUT2D eigenvalue weighted by molar-refractivity contribution is 0.340. The SMILES string of the molecule is CCOc1ccc(-n2c(SCc3coc(-c4cccs4)n3)nnc2-c2cccnc2)cc1. The zero-order valence-electron chi connectivity index (χ0n) is 17.2. The van der Waals surface area contributed by atoms with E-state index < -0.39 is 0 Å². The van der Waals surface area contributed by atoms with E-state index in [9.17, 15) is 0 Å². The van der Waals surface area contributed by atoms with Gasteiger partial charge in [0.15, 0.2) is 11.0 Å². The molecule has 0 radical (unpaired) electrons. The zero-order chi connectivity index (χ0) is 21.8. The number of benzene rings is 1. The molecule has 0 atom stereocenters. The number of aromatic nitrogens is 5. The van der Waals surface area contributed by atoms with Gasteiger partial charge in [-0.2, -0.15) is 0 Å². The van der Waals surface area contributed by atoms with E-state index in [2.05, 4.69) is 20.2 Å². The summed E-state index contributed by atoms with van der Waals surface area (Å²) in [5.41, 5.74) is 2.68. The second-order valence-electron chi connectivity index (χ2n) is 6.72. The molecule has 0 aliphatic rings. The van der Waals surface area contributed by atoms with Crippen molar-refractivity contribution in [3.8, 4) is 33.6 Å². The summed E-state index contributed by atoms with van der Waals surface area (Å²) in [5, 5.41) is 11.7. The van der Waals surface area contributed by atoms with Crippen molar-refractivity contribution in [1.82, 2.24) is 24.7 Å². The van der Waals surface area contributed by atoms with E-state index in [0.29, 0.717) is 18.3 Å². The van der Waals surface area contributed by atoms with Gasteiger partial charge in [-0.05, 0) is 54.8 Å². The molecule has 0 unspecified atom stereocenters. The Morgan fingerprint density at radius 3 is 2.75 bits per heavy atom. The Kier molecular flexibility index (Phi) is 6.00. The highest BCUT2D eigenvalue weighted by Crippen LogP contribution is 2.31. The predicted octanol–water partition coefficient (Wildman–Crippen LogP) is 5.74. The molecule has 0 aliphatic carbocycles. The van der Waals surface area contributed by atoms with Gasteiger partial charge >= 0.3 is 0 Å². The molecule has 4 heterocycles. The Morgan fingerprint density at radius 1 is 1.09 bits per heavy atom. The van der Waals surface area contributed by atoms with Gasteiger partial charge in [-0.25, -0.2) is 4.98 Å². The summed E-state index contributed by atoms with van der Waals surface area (Å²) in [6, 6.07) is 15.7. The number of ether oxygens (including phenoxy) is 1. The maximum Gasteiger partial charge on any atom is 0.236 e. The molecule has 0 spiro atoms. The van der Waals surface area contributed by atoms with Crippen LogP contribution in [0, 0.1) is 0 Å². The number of oxazole rings is 1. The summed E-state index contributed by atoms with van der Waals surface area (Å²) in [4.78, 5) is 9.85. The highest BCUT2D eigenvalue weighted by atomic mass is 32.2. The minimum atomic E-state index is 0.608. The van der Waals surface area contributed by atoms with Gasteiger partial charge in [0, 0.05) is 29.4 Å². The monoisotopic (exact) mass is 461 g/mol. The average molecular weight is 462 g/mol. The Hall–Kier alpha value is -3.43. The molecule has 0 N–H and O–H groups in total. The van der Waals surface area contributed by atoms with Crippen molar-refractivity contribution < 1.29 is 9.15 Å². The lowest BCUT2D eigenvalue weighted by Crippen LogP contribution is -2.00. The molecule has 1 aromatic carbocycles. The molecule has 0 fully saturated rings. The van der Waals surface area contributed by atoms with E-state index in [-0.39, 0.29) is 0 Å². The first-order valence-electron chi connectivity index (χ1n) is 10.0. The summed E-state index contributed by atoms with van der Waals surface area (Å²) in [6.07, 6.45) is 5.22. The maximum atomic E-state index is 5.64. The third-order valence-corrected chi connectivity index (χ3v) is 6.41. The van der Waals surface area contributed by atoms with Gasteiger partial charge in [-0.1, -0.05) is 17.8 Å². The summed E-state index contributed by atoms with van der Waals surface area (Å²) in [6.45, 7) is 2.59. The first-order chi connectivity index (χ1) is 15.8. The molecule has 0 saturated carbocycles. The molecular formula is C23H19N5O2S2. The molecular weight excluding hydrogens is 442 g/mol. The number of rotatable bonds is 8. The van der Waals surface area contributed by atoms with Crippen molar-refractivity contribution in [2.45, 2.75) is 17.8 Å². The smallest absolute Gasteiger partial charge is 0.236 e. The second-order valence-corrected chi connectivity index (χ2v) is 8.61. The third kappa shape index (κ3) is 4.30. The van der Waals surface area contributed by atoms with Crippen molar-refractivity contribution in [2.75, 3.05) is 6.61 Å². The predicted molar refractivity (Wildman–Crippen MR) is 125 cm³/mol. The van der Waals surface area contributed by atoms with E-state index in [1.165, 1.54) is 0 Å². The Balaban J connectivity index is 1.45. The van der Waals surface area contributed by atoms with E-state index >= 15 is 0 Å². The first-order valence-corrected chi connectivity index (χ1v) is 11.9. The van der Waals surface area contributed by atoms with Crippen molar-refractivity contribution in [3.05, 3.63) is 78.3 Å². The van der Waals surface area contributed by atoms with Crippen LogP contribution < -0.4 is 4.74 Å². The van der Waals surface area contributed by atoms with E-state index in [1.807, 2.05) is 65.4 Å². The summed E-state index contributed by atoms with van der Waals surface area (Å²) >= 11 is 3.16. The number of hydrogen-bond acceptors (Lipinski definition) is 8. The van der Waals surface area contributed by atoms with Crippen molar-refractivity contribution >= 4 is 23.1 Å². The first kappa shape index (κ1) is 20.5. The fourth-order valence-electron chi connectivity index (χ4n) is 3.16. The molecule has 0 bridgehead atoms. The van der Waals surface area contributed by atoms with Gasteiger partial charge < -0.3 is 9.15 Å². The van der Waals surface area contributed by atoms with Crippen LogP contribution in [0.3, 0.4) is 0 Å². The Bertz CT molecular complexity index is 1280. The van der Waals surface area contributed by atoms with Crippen LogP contribution in [0.15, 0.2) is 82.1 Å². The fraction of sp³-hybridized carbons (Fsp3) is 0.130. The van der Waals surface area contributed by atoms with Gasteiger partial charge in [0.2, 0.25) is 5.89 Å². The van der Waals surface area contributed by atoms with Gasteiger partial charge in [-0.15, -0.1) is 21.5 Å². The lowest BCUT2D eigenvalue weighted by atomic mass is 10.2. The maximum absolute atomic E-state index is 5.64. The number of pyridine rings is 1. The van der Waals surface area contributed by atoms with Crippen LogP contribution >= 0.6 is 23.1 Å². The van der Waals surface area contributed by atoms with Gasteiger partial charge in [0.1, 0.15) is 12.0 Å². The largest absolute Gasteiger partial charge is 0.494 e. The highest BCUT2D eigenvalue weighted by Gasteiger charge is 2.17. The van der Waals surface area contributed by atoms with Crippen LogP contribution in [0.2, 0.25) is 0 Å². The molecule has 9 heteroatoms. The lowest BCUT2D eigenvalue weighted by Gasteiger charge is -2.11. The average Bonchev–Trinajstić information content (AvgIpc) is 3.59. The van der Waals surface area contributed by atoms with Crippen LogP contribution in [0.25, 0.3) is 27.8 Å². The molecule has 5 aromatic rings. The van der Waals surface area contributed by atoms with Crippen molar-refractivity contribution in [1.29, 1.82) is 0 Å². The summed E-state index contributed by atoms with van der Waals surface area (Å²) < 4.78 is 13.3. The highest BCUT2D eigenvalue weighted by molar-refractivity contribution is 7.98. The molecule has 0 amide bonds. The van der Waals surface area contributed by atoms with E-state index in [4.69, 9.17) is 9.15 Å². The van der Waals surface area contributed by atoms with Crippen molar-refractivity contribution in [3.63, 3.8) is 0 Å². The number of hydrogen-bond donors (Lipinski definition) is 0. The second kappa shape index (κ2) is 9.37. The molecule has 0 aliphatic heterocycles. The third-order valence-electron chi connectivity index (χ3n) is 4.59. The minimum absolute atomic E-state index is 0.608. The molecule has 5 rings (SSSR count). The minimum Gasteiger partial charge on any atom is -0.494 e. The normalized spacial score (nSPS) is 11.0. The molecule has 4 aromatic heterocycles.